The molecule has 1 heterocycles. The third kappa shape index (κ3) is 4.24. The van der Waals surface area contributed by atoms with Gasteiger partial charge in [0.1, 0.15) is 0 Å². The third-order valence-corrected chi connectivity index (χ3v) is 2.54. The van der Waals surface area contributed by atoms with Crippen molar-refractivity contribution >= 4 is 11.7 Å². The van der Waals surface area contributed by atoms with Crippen LogP contribution in [0.25, 0.3) is 0 Å². The Morgan fingerprint density at radius 1 is 1.50 bits per heavy atom. The van der Waals surface area contributed by atoms with Gasteiger partial charge in [-0.2, -0.15) is 0 Å². The Kier molecular flexibility index (Phi) is 5.97. The molecular formula is C13H22N4O. The number of anilines is 1. The van der Waals surface area contributed by atoms with E-state index in [-0.39, 0.29) is 5.84 Å². The SMILES string of the molecule is CCCOc1cccnc1N(CC)CCC(=N)N. The third-order valence-electron chi connectivity index (χ3n) is 2.54. The molecule has 0 saturated heterocycles. The minimum absolute atomic E-state index is 0.195. The van der Waals surface area contributed by atoms with Gasteiger partial charge in [-0.3, -0.25) is 5.41 Å². The van der Waals surface area contributed by atoms with E-state index in [0.717, 1.165) is 24.5 Å². The molecule has 0 atom stereocenters. The van der Waals surface area contributed by atoms with E-state index in [0.29, 0.717) is 19.6 Å². The molecule has 0 aliphatic heterocycles. The van der Waals surface area contributed by atoms with Crippen LogP contribution < -0.4 is 15.4 Å². The number of nitrogens with two attached hydrogens (primary N) is 1. The molecular weight excluding hydrogens is 228 g/mol. The van der Waals surface area contributed by atoms with Gasteiger partial charge in [0, 0.05) is 25.7 Å². The van der Waals surface area contributed by atoms with Crippen molar-refractivity contribution in [2.24, 2.45) is 5.73 Å². The van der Waals surface area contributed by atoms with Crippen molar-refractivity contribution in [2.45, 2.75) is 26.7 Å². The summed E-state index contributed by atoms with van der Waals surface area (Å²) in [4.78, 5) is 6.45. The predicted molar refractivity (Wildman–Crippen MR) is 74.4 cm³/mol. The fourth-order valence-corrected chi connectivity index (χ4v) is 1.61. The van der Waals surface area contributed by atoms with Gasteiger partial charge in [-0.25, -0.2) is 4.98 Å². The van der Waals surface area contributed by atoms with Crippen LogP contribution in [-0.2, 0) is 0 Å². The summed E-state index contributed by atoms with van der Waals surface area (Å²) in [6, 6.07) is 3.79. The first-order valence-corrected chi connectivity index (χ1v) is 6.34. The standard InChI is InChI=1S/C13H22N4O/c1-3-10-18-11-6-5-8-16-13(11)17(4-2)9-7-12(14)15/h5-6,8H,3-4,7,9-10H2,1-2H3,(H3,14,15). The molecule has 0 spiro atoms. The van der Waals surface area contributed by atoms with Gasteiger partial charge in [-0.05, 0) is 25.5 Å². The summed E-state index contributed by atoms with van der Waals surface area (Å²) >= 11 is 0. The van der Waals surface area contributed by atoms with Crippen LogP contribution in [-0.4, -0.2) is 30.5 Å². The number of pyridine rings is 1. The normalized spacial score (nSPS) is 10.1. The van der Waals surface area contributed by atoms with E-state index in [1.807, 2.05) is 12.1 Å². The summed E-state index contributed by atoms with van der Waals surface area (Å²) in [6.45, 7) is 6.31. The zero-order chi connectivity index (χ0) is 13.4. The Balaban J connectivity index is 2.79. The molecule has 1 aromatic heterocycles. The van der Waals surface area contributed by atoms with Crippen LogP contribution >= 0.6 is 0 Å². The van der Waals surface area contributed by atoms with Crippen LogP contribution in [0.2, 0.25) is 0 Å². The van der Waals surface area contributed by atoms with E-state index < -0.39 is 0 Å². The van der Waals surface area contributed by atoms with Gasteiger partial charge in [0.05, 0.1) is 12.4 Å². The minimum Gasteiger partial charge on any atom is -0.490 e. The van der Waals surface area contributed by atoms with Gasteiger partial charge < -0.3 is 15.4 Å². The largest absolute Gasteiger partial charge is 0.490 e. The highest BCUT2D eigenvalue weighted by molar-refractivity contribution is 5.77. The molecule has 0 aromatic carbocycles. The maximum Gasteiger partial charge on any atom is 0.171 e. The maximum absolute atomic E-state index is 7.29. The van der Waals surface area contributed by atoms with Crippen molar-refractivity contribution in [1.29, 1.82) is 5.41 Å². The number of nitrogens with zero attached hydrogens (tertiary/aromatic N) is 2. The van der Waals surface area contributed by atoms with E-state index in [1.54, 1.807) is 6.20 Å². The Labute approximate surface area is 108 Å². The molecule has 0 unspecified atom stereocenters. The van der Waals surface area contributed by atoms with Crippen LogP contribution in [0.15, 0.2) is 18.3 Å². The van der Waals surface area contributed by atoms with Gasteiger partial charge in [0.2, 0.25) is 0 Å². The fraction of sp³-hybridized carbons (Fsp3) is 0.538. The van der Waals surface area contributed by atoms with Gasteiger partial charge in [0.25, 0.3) is 0 Å². The lowest BCUT2D eigenvalue weighted by atomic mass is 10.3. The molecule has 5 heteroatoms. The highest BCUT2D eigenvalue weighted by atomic mass is 16.5. The average Bonchev–Trinajstić information content (AvgIpc) is 2.38. The smallest absolute Gasteiger partial charge is 0.171 e. The molecule has 0 aliphatic rings. The summed E-state index contributed by atoms with van der Waals surface area (Å²) in [5, 5.41) is 7.29. The van der Waals surface area contributed by atoms with Crippen molar-refractivity contribution in [3.63, 3.8) is 0 Å². The number of hydrogen-bond acceptors (Lipinski definition) is 4. The Morgan fingerprint density at radius 2 is 2.28 bits per heavy atom. The molecule has 0 amide bonds. The van der Waals surface area contributed by atoms with Crippen molar-refractivity contribution in [3.8, 4) is 5.75 Å². The van der Waals surface area contributed by atoms with Crippen LogP contribution in [0.3, 0.4) is 0 Å². The molecule has 1 aromatic rings. The predicted octanol–water partition coefficient (Wildman–Crippen LogP) is 2.02. The molecule has 5 nitrogen and oxygen atoms in total. The number of ether oxygens (including phenoxy) is 1. The van der Waals surface area contributed by atoms with E-state index >= 15 is 0 Å². The molecule has 3 N–H and O–H groups in total. The highest BCUT2D eigenvalue weighted by Crippen LogP contribution is 2.25. The second-order valence-electron chi connectivity index (χ2n) is 4.03. The maximum atomic E-state index is 7.29. The zero-order valence-corrected chi connectivity index (χ0v) is 11.1. The van der Waals surface area contributed by atoms with Crippen LogP contribution in [0.1, 0.15) is 26.7 Å². The number of nitrogens with one attached hydrogen (secondary N) is 1. The van der Waals surface area contributed by atoms with Gasteiger partial charge in [-0.15, -0.1) is 0 Å². The highest BCUT2D eigenvalue weighted by Gasteiger charge is 2.12. The first-order valence-electron chi connectivity index (χ1n) is 6.34. The summed E-state index contributed by atoms with van der Waals surface area (Å²) in [6.07, 6.45) is 3.26. The van der Waals surface area contributed by atoms with Crippen molar-refractivity contribution in [1.82, 2.24) is 4.98 Å². The second-order valence-corrected chi connectivity index (χ2v) is 4.03. The summed E-state index contributed by atoms with van der Waals surface area (Å²) in [5.74, 6) is 1.82. The topological polar surface area (TPSA) is 75.2 Å². The zero-order valence-electron chi connectivity index (χ0n) is 11.1. The lowest BCUT2D eigenvalue weighted by molar-refractivity contribution is 0.316. The van der Waals surface area contributed by atoms with Gasteiger partial charge in [-0.1, -0.05) is 6.92 Å². The molecule has 1 rings (SSSR count). The fourth-order valence-electron chi connectivity index (χ4n) is 1.61. The second kappa shape index (κ2) is 7.53. The molecule has 0 aliphatic carbocycles. The molecule has 100 valence electrons. The number of aromatic nitrogens is 1. The lowest BCUT2D eigenvalue weighted by Crippen LogP contribution is -2.28. The van der Waals surface area contributed by atoms with E-state index in [1.165, 1.54) is 0 Å². The van der Waals surface area contributed by atoms with Gasteiger partial charge in [0.15, 0.2) is 11.6 Å². The monoisotopic (exact) mass is 250 g/mol. The molecule has 0 fully saturated rings. The van der Waals surface area contributed by atoms with Crippen molar-refractivity contribution in [2.75, 3.05) is 24.6 Å². The Bertz CT molecular complexity index is 381. The van der Waals surface area contributed by atoms with E-state index in [2.05, 4.69) is 23.7 Å². The number of hydrogen-bond donors (Lipinski definition) is 2. The molecule has 0 saturated carbocycles. The first kappa shape index (κ1) is 14.3. The van der Waals surface area contributed by atoms with E-state index in [9.17, 15) is 0 Å². The average molecular weight is 250 g/mol. The van der Waals surface area contributed by atoms with Crippen molar-refractivity contribution in [3.05, 3.63) is 18.3 Å². The number of amidine groups is 1. The van der Waals surface area contributed by atoms with Crippen molar-refractivity contribution < 1.29 is 4.74 Å². The summed E-state index contributed by atoms with van der Waals surface area (Å²) < 4.78 is 5.69. The summed E-state index contributed by atoms with van der Waals surface area (Å²) in [5.41, 5.74) is 5.40. The molecule has 0 radical (unpaired) electrons. The van der Waals surface area contributed by atoms with Gasteiger partial charge >= 0.3 is 0 Å². The lowest BCUT2D eigenvalue weighted by Gasteiger charge is -2.23. The van der Waals surface area contributed by atoms with Crippen LogP contribution in [0, 0.1) is 5.41 Å². The number of rotatable bonds is 8. The minimum atomic E-state index is 0.195. The summed E-state index contributed by atoms with van der Waals surface area (Å²) in [7, 11) is 0. The molecule has 18 heavy (non-hydrogen) atoms. The van der Waals surface area contributed by atoms with Crippen LogP contribution in [0.4, 0.5) is 5.82 Å². The van der Waals surface area contributed by atoms with Crippen LogP contribution in [0.5, 0.6) is 5.75 Å². The Hall–Kier alpha value is -1.78. The van der Waals surface area contributed by atoms with E-state index in [4.69, 9.17) is 15.9 Å². The Morgan fingerprint density at radius 3 is 2.89 bits per heavy atom. The molecule has 0 bridgehead atoms. The quantitative estimate of drug-likeness (QED) is 0.547. The first-order chi connectivity index (χ1) is 8.69.